The Balaban J connectivity index is 0. The summed E-state index contributed by atoms with van der Waals surface area (Å²) in [7, 11) is -4.27. The van der Waals surface area contributed by atoms with Gasteiger partial charge in [-0.3, -0.25) is 9.11 Å². The first kappa shape index (κ1) is 36.5. The fourth-order valence-electron chi connectivity index (χ4n) is 4.56. The van der Waals surface area contributed by atoms with Gasteiger partial charge in [0.1, 0.15) is 0 Å². The zero-order valence-electron chi connectivity index (χ0n) is 23.2. The number of hydrogen-bond acceptors (Lipinski definition) is 2. The van der Waals surface area contributed by atoms with Crippen LogP contribution in [0.1, 0.15) is 162 Å². The predicted molar refractivity (Wildman–Crippen MR) is 154 cm³/mol. The maximum atomic E-state index is 8.74. The van der Waals surface area contributed by atoms with E-state index in [0.29, 0.717) is 7.92 Å². The highest BCUT2D eigenvalue weighted by Crippen LogP contribution is 2.38. The molecule has 34 heavy (non-hydrogen) atoms. The van der Waals surface area contributed by atoms with E-state index in [1.807, 2.05) is 0 Å². The third kappa shape index (κ3) is 39.5. The van der Waals surface area contributed by atoms with E-state index in [0.717, 1.165) is 0 Å². The predicted octanol–water partition coefficient (Wildman–Crippen LogP) is 10.5. The maximum Gasteiger partial charge on any atom is 0.394 e. The van der Waals surface area contributed by atoms with Gasteiger partial charge < -0.3 is 0 Å². The van der Waals surface area contributed by atoms with Crippen molar-refractivity contribution in [2.24, 2.45) is 0 Å². The van der Waals surface area contributed by atoms with Gasteiger partial charge in [-0.25, -0.2) is 0 Å². The van der Waals surface area contributed by atoms with Gasteiger partial charge in [-0.05, 0) is 24.9 Å². The molecule has 0 radical (unpaired) electrons. The summed E-state index contributed by atoms with van der Waals surface area (Å²) < 4.78 is 31.6. The van der Waals surface area contributed by atoms with Gasteiger partial charge in [0.2, 0.25) is 0 Å². The summed E-state index contributed by atoms with van der Waals surface area (Å²) in [6, 6.07) is 0. The molecule has 0 aliphatic carbocycles. The van der Waals surface area contributed by atoms with Gasteiger partial charge in [0.25, 0.3) is 0 Å². The Hall–Kier alpha value is 0.300. The van der Waals surface area contributed by atoms with Crippen LogP contribution in [0, 0.1) is 0 Å². The third-order valence-electron chi connectivity index (χ3n) is 6.41. The standard InChI is InChI=1S/C28H59P.H2O4S/c1-4-7-8-9-10-11-12-13-14-15-16-17-18-19-20-21-22-23-24-25-28-29(26-5-2)27-6-3;1-5(2,3)4/h4-28H2,1-3H3;(H2,1,2,3,4). The molecule has 0 aromatic heterocycles. The second-order valence-electron chi connectivity index (χ2n) is 10.0. The van der Waals surface area contributed by atoms with Gasteiger partial charge >= 0.3 is 10.4 Å². The largest absolute Gasteiger partial charge is 0.394 e. The zero-order valence-corrected chi connectivity index (χ0v) is 25.0. The van der Waals surface area contributed by atoms with E-state index in [1.165, 1.54) is 154 Å². The van der Waals surface area contributed by atoms with Crippen LogP contribution < -0.4 is 0 Å². The molecule has 6 heteroatoms. The van der Waals surface area contributed by atoms with Crippen molar-refractivity contribution in [3.8, 4) is 0 Å². The van der Waals surface area contributed by atoms with Crippen LogP contribution >= 0.6 is 7.92 Å². The summed E-state index contributed by atoms with van der Waals surface area (Å²) in [6.45, 7) is 7.03. The van der Waals surface area contributed by atoms with Gasteiger partial charge in [-0.15, -0.1) is 7.92 Å². The highest BCUT2D eigenvalue weighted by molar-refractivity contribution is 7.79. The van der Waals surface area contributed by atoms with Crippen LogP contribution in [-0.2, 0) is 10.4 Å². The Morgan fingerprint density at radius 3 is 0.882 bits per heavy atom. The van der Waals surface area contributed by atoms with Crippen LogP contribution in [0.15, 0.2) is 0 Å². The molecule has 0 aliphatic rings. The molecule has 0 atom stereocenters. The van der Waals surface area contributed by atoms with Crippen molar-refractivity contribution in [1.82, 2.24) is 0 Å². The summed E-state index contributed by atoms with van der Waals surface area (Å²) in [6.07, 6.45) is 37.1. The van der Waals surface area contributed by atoms with Crippen molar-refractivity contribution in [2.75, 3.05) is 18.5 Å². The average molecular weight is 525 g/mol. The summed E-state index contributed by atoms with van der Waals surface area (Å²) >= 11 is 0. The third-order valence-corrected chi connectivity index (χ3v) is 9.52. The minimum atomic E-state index is -4.67. The molecular weight excluding hydrogens is 463 g/mol. The molecule has 0 saturated heterocycles. The fraction of sp³-hybridized carbons (Fsp3) is 1.00. The molecule has 0 aromatic rings. The van der Waals surface area contributed by atoms with Gasteiger partial charge in [0.15, 0.2) is 0 Å². The quantitative estimate of drug-likeness (QED) is 0.0707. The lowest BCUT2D eigenvalue weighted by Crippen LogP contribution is -1.94. The highest BCUT2D eigenvalue weighted by atomic mass is 32.3. The zero-order chi connectivity index (χ0) is 25.8. The smallest absolute Gasteiger partial charge is 0.264 e. The first-order valence-corrected chi connectivity index (χ1v) is 18.1. The van der Waals surface area contributed by atoms with Crippen molar-refractivity contribution >= 4 is 18.3 Å². The van der Waals surface area contributed by atoms with Crippen molar-refractivity contribution < 1.29 is 17.5 Å². The van der Waals surface area contributed by atoms with E-state index in [-0.39, 0.29) is 0 Å². The van der Waals surface area contributed by atoms with Crippen LogP contribution in [0.25, 0.3) is 0 Å². The molecule has 0 bridgehead atoms. The van der Waals surface area contributed by atoms with E-state index in [2.05, 4.69) is 20.8 Å². The fourth-order valence-corrected chi connectivity index (χ4v) is 7.17. The Bertz CT molecular complexity index is 457. The van der Waals surface area contributed by atoms with E-state index < -0.39 is 10.4 Å². The lowest BCUT2D eigenvalue weighted by atomic mass is 10.0. The molecule has 0 saturated carbocycles. The number of rotatable bonds is 25. The first-order chi connectivity index (χ1) is 16.3. The normalized spacial score (nSPS) is 11.6. The minimum absolute atomic E-state index is 0.393. The summed E-state index contributed by atoms with van der Waals surface area (Å²) in [5.41, 5.74) is 0. The van der Waals surface area contributed by atoms with Gasteiger partial charge in [-0.1, -0.05) is 156 Å². The topological polar surface area (TPSA) is 74.6 Å². The van der Waals surface area contributed by atoms with Crippen molar-refractivity contribution in [1.29, 1.82) is 0 Å². The van der Waals surface area contributed by atoms with E-state index in [4.69, 9.17) is 17.5 Å². The van der Waals surface area contributed by atoms with Gasteiger partial charge in [0, 0.05) is 0 Å². The number of unbranched alkanes of at least 4 members (excludes halogenated alkanes) is 19. The molecule has 0 aliphatic heterocycles. The molecule has 0 unspecified atom stereocenters. The second-order valence-corrected chi connectivity index (χ2v) is 13.6. The maximum absolute atomic E-state index is 8.74. The molecule has 0 amide bonds. The van der Waals surface area contributed by atoms with Crippen LogP contribution in [0.4, 0.5) is 0 Å². The highest BCUT2D eigenvalue weighted by Gasteiger charge is 2.04. The van der Waals surface area contributed by atoms with Crippen molar-refractivity contribution in [3.05, 3.63) is 0 Å². The first-order valence-electron chi connectivity index (χ1n) is 14.8. The lowest BCUT2D eigenvalue weighted by Gasteiger charge is -2.15. The molecule has 4 nitrogen and oxygen atoms in total. The van der Waals surface area contributed by atoms with Gasteiger partial charge in [-0.2, -0.15) is 8.42 Å². The van der Waals surface area contributed by atoms with Crippen molar-refractivity contribution in [2.45, 2.75) is 162 Å². The van der Waals surface area contributed by atoms with Gasteiger partial charge in [0.05, 0.1) is 0 Å². The Morgan fingerprint density at radius 2 is 0.647 bits per heavy atom. The minimum Gasteiger partial charge on any atom is -0.264 e. The summed E-state index contributed by atoms with van der Waals surface area (Å²) in [5, 5.41) is 0. The van der Waals surface area contributed by atoms with E-state index in [9.17, 15) is 0 Å². The summed E-state index contributed by atoms with van der Waals surface area (Å²) in [5.74, 6) is 0. The Labute approximate surface area is 216 Å². The molecule has 0 fully saturated rings. The molecule has 0 spiro atoms. The van der Waals surface area contributed by atoms with Crippen LogP contribution in [0.2, 0.25) is 0 Å². The van der Waals surface area contributed by atoms with Crippen molar-refractivity contribution in [3.63, 3.8) is 0 Å². The molecule has 0 heterocycles. The monoisotopic (exact) mass is 524 g/mol. The lowest BCUT2D eigenvalue weighted by molar-refractivity contribution is 0.381. The van der Waals surface area contributed by atoms with E-state index in [1.54, 1.807) is 6.16 Å². The molecule has 0 aromatic carbocycles. The van der Waals surface area contributed by atoms with Crippen LogP contribution in [0.5, 0.6) is 0 Å². The number of hydrogen-bond donors (Lipinski definition) is 2. The molecule has 2 N–H and O–H groups in total. The average Bonchev–Trinajstić information content (AvgIpc) is 2.77. The molecule has 0 rings (SSSR count). The Morgan fingerprint density at radius 1 is 0.412 bits per heavy atom. The SMILES string of the molecule is CCCCCCCCCCCCCCCCCCCCCCP(CCC)CCC.O=S(=O)(O)O. The van der Waals surface area contributed by atoms with E-state index >= 15 is 0 Å². The Kier molecular flexibility index (Phi) is 31.7. The van der Waals surface area contributed by atoms with Crippen LogP contribution in [-0.4, -0.2) is 36.0 Å². The van der Waals surface area contributed by atoms with Crippen LogP contribution in [0.3, 0.4) is 0 Å². The second kappa shape index (κ2) is 29.5. The summed E-state index contributed by atoms with van der Waals surface area (Å²) in [4.78, 5) is 0. The molecular formula is C28H61O4PS. The molecule has 208 valence electrons.